The predicted molar refractivity (Wildman–Crippen MR) is 48.8 cm³/mol. The van der Waals surface area contributed by atoms with E-state index in [1.165, 1.54) is 0 Å². The lowest BCUT2D eigenvalue weighted by Crippen LogP contribution is -2.10. The van der Waals surface area contributed by atoms with Gasteiger partial charge in [-0.25, -0.2) is 5.90 Å². The first kappa shape index (κ1) is 11.4. The van der Waals surface area contributed by atoms with Crippen molar-refractivity contribution in [3.8, 4) is 0 Å². The van der Waals surface area contributed by atoms with E-state index in [1.54, 1.807) is 0 Å². The highest BCUT2D eigenvalue weighted by Gasteiger charge is 2.04. The van der Waals surface area contributed by atoms with Crippen LogP contribution in [-0.4, -0.2) is 11.7 Å². The molecule has 0 aliphatic carbocycles. The molecule has 1 aromatic rings. The summed E-state index contributed by atoms with van der Waals surface area (Å²) in [6.07, 6.45) is -0.624. The van der Waals surface area contributed by atoms with Crippen LogP contribution in [0.25, 0.3) is 0 Å². The van der Waals surface area contributed by atoms with Gasteiger partial charge in [0.15, 0.2) is 0 Å². The zero-order valence-corrected chi connectivity index (χ0v) is 7.33. The third-order valence-corrected chi connectivity index (χ3v) is 1.44. The highest BCUT2D eigenvalue weighted by atomic mass is 35.5. The molecule has 4 heteroatoms. The van der Waals surface area contributed by atoms with Crippen LogP contribution in [0.3, 0.4) is 0 Å². The summed E-state index contributed by atoms with van der Waals surface area (Å²) in [4.78, 5) is 4.31. The highest BCUT2D eigenvalue weighted by Crippen LogP contribution is 2.10. The summed E-state index contributed by atoms with van der Waals surface area (Å²) in [6, 6.07) is 9.25. The van der Waals surface area contributed by atoms with Crippen molar-refractivity contribution in [1.29, 1.82) is 0 Å². The SMILES string of the molecule is Cl.NOCC(O)c1ccccc1. The van der Waals surface area contributed by atoms with Gasteiger partial charge in [0, 0.05) is 0 Å². The van der Waals surface area contributed by atoms with Crippen LogP contribution in [0, 0.1) is 0 Å². The van der Waals surface area contributed by atoms with Crippen LogP contribution in [0.15, 0.2) is 30.3 Å². The first-order chi connectivity index (χ1) is 5.34. The van der Waals surface area contributed by atoms with Crippen molar-refractivity contribution in [3.05, 3.63) is 35.9 Å². The molecule has 0 aliphatic heterocycles. The van der Waals surface area contributed by atoms with Crippen molar-refractivity contribution >= 4 is 12.4 Å². The molecule has 1 atom stereocenters. The maximum Gasteiger partial charge on any atom is 0.104 e. The maximum absolute atomic E-state index is 9.32. The lowest BCUT2D eigenvalue weighted by atomic mass is 10.1. The van der Waals surface area contributed by atoms with Crippen LogP contribution in [-0.2, 0) is 4.84 Å². The molecule has 1 aromatic carbocycles. The minimum Gasteiger partial charge on any atom is -0.386 e. The van der Waals surface area contributed by atoms with Crippen molar-refractivity contribution in [3.63, 3.8) is 0 Å². The van der Waals surface area contributed by atoms with Gasteiger partial charge in [-0.15, -0.1) is 12.4 Å². The van der Waals surface area contributed by atoms with E-state index in [9.17, 15) is 5.11 Å². The number of hydrogen-bond acceptors (Lipinski definition) is 3. The van der Waals surface area contributed by atoms with Gasteiger partial charge in [0.25, 0.3) is 0 Å². The van der Waals surface area contributed by atoms with Crippen LogP contribution in [0.5, 0.6) is 0 Å². The number of aliphatic hydroxyl groups excluding tert-OH is 1. The van der Waals surface area contributed by atoms with Crippen molar-refractivity contribution < 1.29 is 9.94 Å². The van der Waals surface area contributed by atoms with Gasteiger partial charge in [-0.3, -0.25) is 0 Å². The largest absolute Gasteiger partial charge is 0.386 e. The van der Waals surface area contributed by atoms with Gasteiger partial charge in [0.2, 0.25) is 0 Å². The molecule has 0 amide bonds. The fourth-order valence-corrected chi connectivity index (χ4v) is 0.863. The molecule has 0 saturated heterocycles. The molecule has 68 valence electrons. The Kier molecular flexibility index (Phi) is 5.66. The molecule has 0 saturated carbocycles. The maximum atomic E-state index is 9.32. The van der Waals surface area contributed by atoms with E-state index >= 15 is 0 Å². The number of nitrogens with two attached hydrogens (primary N) is 1. The lowest BCUT2D eigenvalue weighted by molar-refractivity contribution is 0.0359. The van der Waals surface area contributed by atoms with Crippen LogP contribution in [0.1, 0.15) is 11.7 Å². The van der Waals surface area contributed by atoms with Crippen LogP contribution < -0.4 is 5.90 Å². The normalized spacial score (nSPS) is 11.8. The van der Waals surface area contributed by atoms with E-state index in [0.717, 1.165) is 5.56 Å². The standard InChI is InChI=1S/C8H11NO2.ClH/c9-11-6-8(10)7-4-2-1-3-5-7;/h1-5,8,10H,6,9H2;1H. The van der Waals surface area contributed by atoms with E-state index in [0.29, 0.717) is 0 Å². The Morgan fingerprint density at radius 1 is 1.33 bits per heavy atom. The fourth-order valence-electron chi connectivity index (χ4n) is 0.863. The minimum absolute atomic E-state index is 0. The summed E-state index contributed by atoms with van der Waals surface area (Å²) in [5.74, 6) is 4.81. The van der Waals surface area contributed by atoms with Gasteiger partial charge in [-0.1, -0.05) is 30.3 Å². The van der Waals surface area contributed by atoms with Crippen LogP contribution in [0.4, 0.5) is 0 Å². The number of hydrogen-bond donors (Lipinski definition) is 2. The van der Waals surface area contributed by atoms with Crippen LogP contribution in [0.2, 0.25) is 0 Å². The molecule has 3 nitrogen and oxygen atoms in total. The lowest BCUT2D eigenvalue weighted by Gasteiger charge is -2.07. The second kappa shape index (κ2) is 5.97. The third-order valence-electron chi connectivity index (χ3n) is 1.44. The first-order valence-electron chi connectivity index (χ1n) is 3.39. The number of rotatable bonds is 3. The highest BCUT2D eigenvalue weighted by molar-refractivity contribution is 5.85. The Hall–Kier alpha value is -0.610. The van der Waals surface area contributed by atoms with Gasteiger partial charge in [-0.05, 0) is 5.56 Å². The minimum atomic E-state index is -0.624. The summed E-state index contributed by atoms with van der Waals surface area (Å²) in [6.45, 7) is 0.129. The molecule has 0 aliphatic rings. The molecular formula is C8H12ClNO2. The average Bonchev–Trinajstić information content (AvgIpc) is 2.07. The predicted octanol–water partition coefficient (Wildman–Crippen LogP) is 1.03. The molecule has 0 aromatic heterocycles. The zero-order chi connectivity index (χ0) is 8.10. The summed E-state index contributed by atoms with van der Waals surface area (Å²) >= 11 is 0. The molecule has 0 spiro atoms. The number of aliphatic hydroxyl groups is 1. The first-order valence-corrected chi connectivity index (χ1v) is 3.39. The molecule has 0 radical (unpaired) electrons. The Balaban J connectivity index is 0.00000121. The summed E-state index contributed by atoms with van der Waals surface area (Å²) in [5.41, 5.74) is 0.818. The Labute approximate surface area is 77.5 Å². The molecule has 12 heavy (non-hydrogen) atoms. The Morgan fingerprint density at radius 2 is 1.92 bits per heavy atom. The molecule has 3 N–H and O–H groups in total. The average molecular weight is 190 g/mol. The van der Waals surface area contributed by atoms with E-state index < -0.39 is 6.10 Å². The van der Waals surface area contributed by atoms with Gasteiger partial charge >= 0.3 is 0 Å². The van der Waals surface area contributed by atoms with Crippen molar-refractivity contribution in [2.24, 2.45) is 5.90 Å². The van der Waals surface area contributed by atoms with E-state index in [-0.39, 0.29) is 19.0 Å². The topological polar surface area (TPSA) is 55.5 Å². The van der Waals surface area contributed by atoms with Crippen molar-refractivity contribution in [1.82, 2.24) is 0 Å². The summed E-state index contributed by atoms with van der Waals surface area (Å²) in [7, 11) is 0. The van der Waals surface area contributed by atoms with Gasteiger partial charge in [0.1, 0.15) is 6.10 Å². The zero-order valence-electron chi connectivity index (χ0n) is 6.51. The molecule has 0 fully saturated rings. The van der Waals surface area contributed by atoms with Crippen molar-refractivity contribution in [2.75, 3.05) is 6.61 Å². The van der Waals surface area contributed by atoms with E-state index in [4.69, 9.17) is 5.90 Å². The second-order valence-electron chi connectivity index (χ2n) is 2.26. The molecule has 1 rings (SSSR count). The molecule has 0 bridgehead atoms. The van der Waals surface area contributed by atoms with Gasteiger partial charge in [-0.2, -0.15) is 0 Å². The monoisotopic (exact) mass is 189 g/mol. The Morgan fingerprint density at radius 3 is 2.42 bits per heavy atom. The molecular weight excluding hydrogens is 178 g/mol. The third kappa shape index (κ3) is 3.19. The van der Waals surface area contributed by atoms with Crippen LogP contribution >= 0.6 is 12.4 Å². The second-order valence-corrected chi connectivity index (χ2v) is 2.26. The van der Waals surface area contributed by atoms with E-state index in [1.807, 2.05) is 30.3 Å². The van der Waals surface area contributed by atoms with Gasteiger partial charge < -0.3 is 9.94 Å². The number of halogens is 1. The fraction of sp³-hybridized carbons (Fsp3) is 0.250. The smallest absolute Gasteiger partial charge is 0.104 e. The van der Waals surface area contributed by atoms with E-state index in [2.05, 4.69) is 4.84 Å². The molecule has 1 unspecified atom stereocenters. The quantitative estimate of drug-likeness (QED) is 0.699. The summed E-state index contributed by atoms with van der Waals surface area (Å²) in [5, 5.41) is 9.32. The van der Waals surface area contributed by atoms with Crippen molar-refractivity contribution in [2.45, 2.75) is 6.10 Å². The van der Waals surface area contributed by atoms with Gasteiger partial charge in [0.05, 0.1) is 6.61 Å². The number of benzene rings is 1. The summed E-state index contributed by atoms with van der Waals surface area (Å²) < 4.78 is 0. The Bertz CT molecular complexity index is 205. The molecule has 0 heterocycles.